The van der Waals surface area contributed by atoms with Gasteiger partial charge in [-0.1, -0.05) is 0 Å². The predicted octanol–water partition coefficient (Wildman–Crippen LogP) is 2.69. The number of carbonyl (C=O) groups is 2. The van der Waals surface area contributed by atoms with E-state index in [1.165, 1.54) is 23.9 Å². The van der Waals surface area contributed by atoms with E-state index in [0.29, 0.717) is 6.42 Å². The first-order valence-corrected chi connectivity index (χ1v) is 7.93. The van der Waals surface area contributed by atoms with Crippen LogP contribution < -0.4 is 5.32 Å². The van der Waals surface area contributed by atoms with E-state index in [-0.39, 0.29) is 23.4 Å². The summed E-state index contributed by atoms with van der Waals surface area (Å²) in [6, 6.07) is 5.98. The maximum absolute atomic E-state index is 12.0. The number of amides is 1. The number of thioether (sulfide) groups is 1. The number of nitrogens with one attached hydrogen (secondary N) is 1. The lowest BCUT2D eigenvalue weighted by Gasteiger charge is -2.19. The van der Waals surface area contributed by atoms with Crippen LogP contribution in [0.3, 0.4) is 0 Å². The molecule has 0 aliphatic heterocycles. The number of nitro groups is 1. The van der Waals surface area contributed by atoms with Crippen LogP contribution in [0.25, 0.3) is 0 Å². The van der Waals surface area contributed by atoms with Gasteiger partial charge in [0.25, 0.3) is 5.69 Å². The standard InChI is InChI=1S/C15H20N2O5S/c1-10(13(18)16-9-8-15(2,3)14(19)20)23-12-6-4-11(5-7-12)17(21)22/h4-7,10H,8-9H2,1-3H3,(H,16,18)(H,19,20). The van der Waals surface area contributed by atoms with E-state index in [9.17, 15) is 19.7 Å². The molecule has 1 atom stereocenters. The lowest BCUT2D eigenvalue weighted by Crippen LogP contribution is -2.35. The van der Waals surface area contributed by atoms with Gasteiger partial charge in [-0.25, -0.2) is 0 Å². The van der Waals surface area contributed by atoms with Gasteiger partial charge in [-0.15, -0.1) is 11.8 Å². The van der Waals surface area contributed by atoms with Gasteiger partial charge in [0.2, 0.25) is 5.91 Å². The van der Waals surface area contributed by atoms with Crippen LogP contribution in [0.15, 0.2) is 29.2 Å². The highest BCUT2D eigenvalue weighted by Crippen LogP contribution is 2.25. The zero-order valence-corrected chi connectivity index (χ0v) is 14.1. The summed E-state index contributed by atoms with van der Waals surface area (Å²) in [5.74, 6) is -1.10. The highest BCUT2D eigenvalue weighted by atomic mass is 32.2. The van der Waals surface area contributed by atoms with Crippen molar-refractivity contribution in [1.29, 1.82) is 0 Å². The summed E-state index contributed by atoms with van der Waals surface area (Å²) in [6.45, 7) is 5.22. The van der Waals surface area contributed by atoms with E-state index >= 15 is 0 Å². The summed E-state index contributed by atoms with van der Waals surface area (Å²) < 4.78 is 0. The summed E-state index contributed by atoms with van der Waals surface area (Å²) in [5, 5.41) is 21.9. The third kappa shape index (κ3) is 5.90. The second-order valence-electron chi connectivity index (χ2n) is 5.74. The Hall–Kier alpha value is -2.09. The number of non-ortho nitro benzene ring substituents is 1. The summed E-state index contributed by atoms with van der Waals surface area (Å²) in [4.78, 5) is 33.8. The summed E-state index contributed by atoms with van der Waals surface area (Å²) >= 11 is 1.29. The van der Waals surface area contributed by atoms with E-state index in [1.54, 1.807) is 32.9 Å². The monoisotopic (exact) mass is 340 g/mol. The number of carboxylic acids is 1. The van der Waals surface area contributed by atoms with E-state index in [2.05, 4.69) is 5.32 Å². The molecule has 8 heteroatoms. The van der Waals surface area contributed by atoms with E-state index < -0.39 is 16.3 Å². The van der Waals surface area contributed by atoms with E-state index in [0.717, 1.165) is 4.90 Å². The number of carbonyl (C=O) groups excluding carboxylic acids is 1. The van der Waals surface area contributed by atoms with Gasteiger partial charge in [-0.3, -0.25) is 19.7 Å². The lowest BCUT2D eigenvalue weighted by molar-refractivity contribution is -0.384. The molecule has 1 rings (SSSR count). The van der Waals surface area contributed by atoms with Gasteiger partial charge in [0, 0.05) is 23.6 Å². The molecule has 1 aromatic carbocycles. The highest BCUT2D eigenvalue weighted by Gasteiger charge is 2.27. The van der Waals surface area contributed by atoms with Gasteiger partial charge < -0.3 is 10.4 Å². The molecule has 1 aromatic rings. The van der Waals surface area contributed by atoms with Crippen molar-refractivity contribution < 1.29 is 19.6 Å². The second kappa shape index (κ2) is 7.96. The Balaban J connectivity index is 2.48. The number of carboxylic acid groups (broad SMARTS) is 1. The Labute approximate surface area is 138 Å². The fourth-order valence-electron chi connectivity index (χ4n) is 1.65. The van der Waals surface area contributed by atoms with Crippen molar-refractivity contribution in [1.82, 2.24) is 5.32 Å². The van der Waals surface area contributed by atoms with Crippen LogP contribution in [0.1, 0.15) is 27.2 Å². The quantitative estimate of drug-likeness (QED) is 0.428. The predicted molar refractivity (Wildman–Crippen MR) is 87.5 cm³/mol. The molecule has 0 saturated carbocycles. The molecule has 23 heavy (non-hydrogen) atoms. The Bertz CT molecular complexity index is 586. The van der Waals surface area contributed by atoms with Crippen molar-refractivity contribution in [2.24, 2.45) is 5.41 Å². The van der Waals surface area contributed by atoms with E-state index in [4.69, 9.17) is 5.11 Å². The molecule has 0 heterocycles. The number of nitro benzene ring substituents is 1. The summed E-state index contributed by atoms with van der Waals surface area (Å²) in [6.07, 6.45) is 0.336. The number of rotatable bonds is 8. The Kier molecular flexibility index (Phi) is 6.56. The van der Waals surface area contributed by atoms with Crippen LogP contribution in [-0.4, -0.2) is 33.7 Å². The Morgan fingerprint density at radius 3 is 2.39 bits per heavy atom. The average Bonchev–Trinajstić information content (AvgIpc) is 2.47. The smallest absolute Gasteiger partial charge is 0.309 e. The van der Waals surface area contributed by atoms with Crippen molar-refractivity contribution >= 4 is 29.3 Å². The molecule has 0 bridgehead atoms. The molecule has 0 spiro atoms. The van der Waals surface area contributed by atoms with Crippen molar-refractivity contribution in [2.45, 2.75) is 37.3 Å². The van der Waals surface area contributed by atoms with Crippen LogP contribution in [0.2, 0.25) is 0 Å². The molecule has 126 valence electrons. The van der Waals surface area contributed by atoms with Gasteiger partial charge in [0.05, 0.1) is 15.6 Å². The molecule has 0 aliphatic rings. The van der Waals surface area contributed by atoms with Gasteiger partial charge in [0.1, 0.15) is 0 Å². The van der Waals surface area contributed by atoms with Crippen molar-refractivity contribution in [2.75, 3.05) is 6.54 Å². The summed E-state index contributed by atoms with van der Waals surface area (Å²) in [5.41, 5.74) is -0.885. The molecule has 0 radical (unpaired) electrons. The largest absolute Gasteiger partial charge is 0.481 e. The fourth-order valence-corrected chi connectivity index (χ4v) is 2.54. The first kappa shape index (κ1) is 19.0. The van der Waals surface area contributed by atoms with Gasteiger partial charge in [-0.05, 0) is 39.3 Å². The van der Waals surface area contributed by atoms with Crippen LogP contribution >= 0.6 is 11.8 Å². The van der Waals surface area contributed by atoms with Crippen LogP contribution in [0, 0.1) is 15.5 Å². The maximum atomic E-state index is 12.0. The Morgan fingerprint density at radius 1 is 1.35 bits per heavy atom. The minimum Gasteiger partial charge on any atom is -0.481 e. The van der Waals surface area contributed by atoms with Gasteiger partial charge >= 0.3 is 5.97 Å². The van der Waals surface area contributed by atoms with Crippen molar-refractivity contribution in [3.8, 4) is 0 Å². The second-order valence-corrected chi connectivity index (χ2v) is 7.16. The molecule has 1 unspecified atom stereocenters. The molecule has 7 nitrogen and oxygen atoms in total. The van der Waals surface area contributed by atoms with Crippen molar-refractivity contribution in [3.63, 3.8) is 0 Å². The zero-order chi connectivity index (χ0) is 17.6. The average molecular weight is 340 g/mol. The number of nitrogens with zero attached hydrogens (tertiary/aromatic N) is 1. The van der Waals surface area contributed by atoms with Gasteiger partial charge in [0.15, 0.2) is 0 Å². The topological polar surface area (TPSA) is 110 Å². The molecular weight excluding hydrogens is 320 g/mol. The third-order valence-electron chi connectivity index (χ3n) is 3.36. The van der Waals surface area contributed by atoms with Crippen molar-refractivity contribution in [3.05, 3.63) is 34.4 Å². The SMILES string of the molecule is CC(Sc1ccc([N+](=O)[O-])cc1)C(=O)NCCC(C)(C)C(=O)O. The summed E-state index contributed by atoms with van der Waals surface area (Å²) in [7, 11) is 0. The number of hydrogen-bond acceptors (Lipinski definition) is 5. The minimum absolute atomic E-state index is 0.00218. The molecule has 0 fully saturated rings. The Morgan fingerprint density at radius 2 is 1.91 bits per heavy atom. The van der Waals surface area contributed by atoms with E-state index in [1.807, 2.05) is 0 Å². The molecule has 0 saturated heterocycles. The molecular formula is C15H20N2O5S. The van der Waals surface area contributed by atoms with Crippen LogP contribution in [-0.2, 0) is 9.59 Å². The molecule has 2 N–H and O–H groups in total. The fraction of sp³-hybridized carbons (Fsp3) is 0.467. The number of aliphatic carboxylic acids is 1. The van der Waals surface area contributed by atoms with Crippen LogP contribution in [0.4, 0.5) is 5.69 Å². The highest BCUT2D eigenvalue weighted by molar-refractivity contribution is 8.00. The zero-order valence-electron chi connectivity index (χ0n) is 13.2. The molecule has 1 amide bonds. The first-order chi connectivity index (χ1) is 10.6. The molecule has 0 aromatic heterocycles. The number of hydrogen-bond donors (Lipinski definition) is 2. The third-order valence-corrected chi connectivity index (χ3v) is 4.47. The van der Waals surface area contributed by atoms with Gasteiger partial charge in [-0.2, -0.15) is 0 Å². The number of benzene rings is 1. The first-order valence-electron chi connectivity index (χ1n) is 7.05. The normalized spacial score (nSPS) is 12.5. The minimum atomic E-state index is -0.903. The maximum Gasteiger partial charge on any atom is 0.309 e. The van der Waals surface area contributed by atoms with Crippen LogP contribution in [0.5, 0.6) is 0 Å². The molecule has 0 aliphatic carbocycles. The lowest BCUT2D eigenvalue weighted by atomic mass is 9.90.